The van der Waals surface area contributed by atoms with Gasteiger partial charge in [-0.1, -0.05) is 37.3 Å². The van der Waals surface area contributed by atoms with Crippen LogP contribution in [0.4, 0.5) is 0 Å². The molecule has 2 nitrogen and oxygen atoms in total. The quantitative estimate of drug-likeness (QED) is 0.732. The molecule has 0 aromatic heterocycles. The van der Waals surface area contributed by atoms with Gasteiger partial charge in [0, 0.05) is 5.56 Å². The van der Waals surface area contributed by atoms with E-state index in [0.717, 1.165) is 5.56 Å². The second-order valence-corrected chi connectivity index (χ2v) is 3.53. The molecule has 0 fully saturated rings. The lowest BCUT2D eigenvalue weighted by atomic mass is 9.83. The highest BCUT2D eigenvalue weighted by molar-refractivity contribution is 6.08. The number of hydrogen-bond donors (Lipinski definition) is 1. The topological polar surface area (TPSA) is 37.3 Å². The Morgan fingerprint density at radius 3 is 2.79 bits per heavy atom. The molecule has 1 aliphatic carbocycles. The summed E-state index contributed by atoms with van der Waals surface area (Å²) >= 11 is 0. The minimum Gasteiger partial charge on any atom is -0.378 e. The first-order valence-electron chi connectivity index (χ1n) is 4.73. The molecule has 1 aliphatic rings. The van der Waals surface area contributed by atoms with Crippen LogP contribution in [0, 0.1) is 0 Å². The molecule has 72 valence electrons. The highest BCUT2D eigenvalue weighted by atomic mass is 16.3. The van der Waals surface area contributed by atoms with E-state index in [1.54, 1.807) is 25.1 Å². The highest BCUT2D eigenvalue weighted by Crippen LogP contribution is 2.27. The summed E-state index contributed by atoms with van der Waals surface area (Å²) in [4.78, 5) is 11.9. The average molecular weight is 188 g/mol. The van der Waals surface area contributed by atoms with Crippen molar-refractivity contribution in [3.05, 3.63) is 41.5 Å². The number of aliphatic hydroxyl groups is 1. The number of Topliss-reactive ketones (excluding diaryl/α,β-unsaturated/α-hetero) is 1. The van der Waals surface area contributed by atoms with Gasteiger partial charge < -0.3 is 5.11 Å². The molecular weight excluding hydrogens is 176 g/mol. The first-order valence-corrected chi connectivity index (χ1v) is 4.73. The largest absolute Gasteiger partial charge is 0.378 e. The lowest BCUT2D eigenvalue weighted by molar-refractivity contribution is 0.0511. The lowest BCUT2D eigenvalue weighted by Gasteiger charge is -2.25. The van der Waals surface area contributed by atoms with Crippen molar-refractivity contribution < 1.29 is 9.90 Å². The van der Waals surface area contributed by atoms with Crippen molar-refractivity contribution in [2.24, 2.45) is 0 Å². The number of benzene rings is 1. The van der Waals surface area contributed by atoms with Crippen molar-refractivity contribution in [3.8, 4) is 0 Å². The molecule has 0 aliphatic heterocycles. The smallest absolute Gasteiger partial charge is 0.198 e. The Morgan fingerprint density at radius 1 is 1.36 bits per heavy atom. The summed E-state index contributed by atoms with van der Waals surface area (Å²) < 4.78 is 0. The Balaban J connectivity index is 2.56. The van der Waals surface area contributed by atoms with Crippen molar-refractivity contribution in [2.45, 2.75) is 18.9 Å². The summed E-state index contributed by atoms with van der Waals surface area (Å²) in [6.45, 7) is 1.80. The third-order valence-corrected chi connectivity index (χ3v) is 2.68. The zero-order valence-electron chi connectivity index (χ0n) is 8.03. The molecule has 2 rings (SSSR count). The van der Waals surface area contributed by atoms with Crippen LogP contribution in [0.15, 0.2) is 30.3 Å². The Hall–Kier alpha value is -1.41. The van der Waals surface area contributed by atoms with Gasteiger partial charge in [-0.05, 0) is 18.1 Å². The summed E-state index contributed by atoms with van der Waals surface area (Å²) in [5.41, 5.74) is 0.198. The zero-order valence-corrected chi connectivity index (χ0v) is 8.03. The summed E-state index contributed by atoms with van der Waals surface area (Å²) in [6, 6.07) is 7.32. The SMILES string of the molecule is CCC1(O)C=Cc2ccccc2C1=O. The first-order chi connectivity index (χ1) is 6.67. The molecule has 2 heteroatoms. The molecule has 1 aromatic carbocycles. The number of carbonyl (C=O) groups excluding carboxylic acids is 1. The van der Waals surface area contributed by atoms with Gasteiger partial charge in [-0.3, -0.25) is 4.79 Å². The van der Waals surface area contributed by atoms with Gasteiger partial charge in [-0.15, -0.1) is 0 Å². The molecule has 14 heavy (non-hydrogen) atoms. The number of hydrogen-bond acceptors (Lipinski definition) is 2. The number of ketones is 1. The molecule has 0 heterocycles. The molecule has 1 aromatic rings. The molecule has 1 unspecified atom stereocenters. The number of carbonyl (C=O) groups is 1. The molecule has 0 radical (unpaired) electrons. The summed E-state index contributed by atoms with van der Waals surface area (Å²) in [5, 5.41) is 9.96. The summed E-state index contributed by atoms with van der Waals surface area (Å²) in [6.07, 6.45) is 3.80. The Bertz CT molecular complexity index is 407. The van der Waals surface area contributed by atoms with Crippen LogP contribution in [-0.2, 0) is 0 Å². The fourth-order valence-corrected chi connectivity index (χ4v) is 1.66. The molecule has 1 atom stereocenters. The van der Waals surface area contributed by atoms with Crippen molar-refractivity contribution >= 4 is 11.9 Å². The van der Waals surface area contributed by atoms with Gasteiger partial charge in [0.15, 0.2) is 5.78 Å². The van der Waals surface area contributed by atoms with Crippen molar-refractivity contribution in [1.82, 2.24) is 0 Å². The second kappa shape index (κ2) is 3.07. The van der Waals surface area contributed by atoms with Gasteiger partial charge in [-0.2, -0.15) is 0 Å². The van der Waals surface area contributed by atoms with Crippen LogP contribution in [0.3, 0.4) is 0 Å². The van der Waals surface area contributed by atoms with Crippen LogP contribution >= 0.6 is 0 Å². The van der Waals surface area contributed by atoms with E-state index in [1.807, 2.05) is 18.2 Å². The normalized spacial score (nSPS) is 24.9. The van der Waals surface area contributed by atoms with E-state index in [4.69, 9.17) is 0 Å². The predicted molar refractivity (Wildman–Crippen MR) is 55.0 cm³/mol. The Labute approximate surface area is 82.9 Å². The molecule has 0 saturated heterocycles. The van der Waals surface area contributed by atoms with Crippen LogP contribution in [-0.4, -0.2) is 16.5 Å². The maximum atomic E-state index is 11.9. The maximum absolute atomic E-state index is 11.9. The fourth-order valence-electron chi connectivity index (χ4n) is 1.66. The molecular formula is C12H12O2. The lowest BCUT2D eigenvalue weighted by Crippen LogP contribution is -2.37. The van der Waals surface area contributed by atoms with E-state index in [1.165, 1.54) is 0 Å². The number of fused-ring (bicyclic) bond motifs is 1. The minimum absolute atomic E-state index is 0.196. The third-order valence-electron chi connectivity index (χ3n) is 2.68. The monoisotopic (exact) mass is 188 g/mol. The zero-order chi connectivity index (χ0) is 10.2. The van der Waals surface area contributed by atoms with Crippen LogP contribution in [0.25, 0.3) is 6.08 Å². The van der Waals surface area contributed by atoms with E-state index in [9.17, 15) is 9.90 Å². The highest BCUT2D eigenvalue weighted by Gasteiger charge is 2.35. The Kier molecular flexibility index (Phi) is 2.01. The predicted octanol–water partition coefficient (Wildman–Crippen LogP) is 2.04. The first kappa shape index (κ1) is 9.16. The van der Waals surface area contributed by atoms with Gasteiger partial charge >= 0.3 is 0 Å². The average Bonchev–Trinajstić information content (AvgIpc) is 2.24. The molecule has 0 amide bonds. The fraction of sp³-hybridized carbons (Fsp3) is 0.250. The van der Waals surface area contributed by atoms with Crippen LogP contribution in [0.2, 0.25) is 0 Å². The molecule has 1 N–H and O–H groups in total. The van der Waals surface area contributed by atoms with Gasteiger partial charge in [-0.25, -0.2) is 0 Å². The number of rotatable bonds is 1. The standard InChI is InChI=1S/C12H12O2/c1-2-12(14)8-7-9-5-3-4-6-10(9)11(12)13/h3-8,14H,2H2,1H3. The third kappa shape index (κ3) is 1.19. The van der Waals surface area contributed by atoms with Gasteiger partial charge in [0.25, 0.3) is 0 Å². The van der Waals surface area contributed by atoms with Crippen LogP contribution in [0.1, 0.15) is 29.3 Å². The van der Waals surface area contributed by atoms with E-state index in [-0.39, 0.29) is 5.78 Å². The second-order valence-electron chi connectivity index (χ2n) is 3.53. The van der Waals surface area contributed by atoms with Crippen LogP contribution in [0.5, 0.6) is 0 Å². The van der Waals surface area contributed by atoms with Gasteiger partial charge in [0.05, 0.1) is 0 Å². The van der Waals surface area contributed by atoms with E-state index < -0.39 is 5.60 Å². The van der Waals surface area contributed by atoms with Crippen LogP contribution < -0.4 is 0 Å². The van der Waals surface area contributed by atoms with E-state index in [0.29, 0.717) is 12.0 Å². The summed E-state index contributed by atoms with van der Waals surface area (Å²) in [7, 11) is 0. The van der Waals surface area contributed by atoms with Gasteiger partial charge in [0.1, 0.15) is 5.60 Å². The molecule has 0 bridgehead atoms. The van der Waals surface area contributed by atoms with Crippen molar-refractivity contribution in [2.75, 3.05) is 0 Å². The van der Waals surface area contributed by atoms with E-state index in [2.05, 4.69) is 0 Å². The molecule has 0 saturated carbocycles. The summed E-state index contributed by atoms with van der Waals surface area (Å²) in [5.74, 6) is -0.196. The van der Waals surface area contributed by atoms with E-state index >= 15 is 0 Å². The van der Waals surface area contributed by atoms with Crippen molar-refractivity contribution in [1.29, 1.82) is 0 Å². The molecule has 0 spiro atoms. The van der Waals surface area contributed by atoms with Crippen molar-refractivity contribution in [3.63, 3.8) is 0 Å². The maximum Gasteiger partial charge on any atom is 0.198 e. The Morgan fingerprint density at radius 2 is 2.07 bits per heavy atom. The van der Waals surface area contributed by atoms with Gasteiger partial charge in [0.2, 0.25) is 0 Å². The minimum atomic E-state index is -1.30.